The molecule has 0 aliphatic rings. The maximum Gasteiger partial charge on any atom is 0.182 e. The van der Waals surface area contributed by atoms with Crippen LogP contribution in [0, 0.1) is 13.8 Å². The van der Waals surface area contributed by atoms with E-state index in [-0.39, 0.29) is 0 Å². The average molecular weight is 341 g/mol. The van der Waals surface area contributed by atoms with Crippen molar-refractivity contribution in [3.63, 3.8) is 0 Å². The van der Waals surface area contributed by atoms with E-state index in [0.29, 0.717) is 0 Å². The van der Waals surface area contributed by atoms with Crippen LogP contribution < -0.4 is 10.1 Å². The van der Waals surface area contributed by atoms with E-state index in [9.17, 15) is 0 Å². The average Bonchev–Trinajstić information content (AvgIpc) is 3.18. The van der Waals surface area contributed by atoms with Gasteiger partial charge in [0.05, 0.1) is 12.8 Å². The lowest BCUT2D eigenvalue weighted by molar-refractivity contribution is 0.414. The summed E-state index contributed by atoms with van der Waals surface area (Å²) >= 11 is 1.64. The van der Waals surface area contributed by atoms with Crippen LogP contribution in [0.25, 0.3) is 11.3 Å². The number of aryl methyl sites for hydroxylation is 2. The number of thiazole rings is 1. The van der Waals surface area contributed by atoms with Gasteiger partial charge in [0.1, 0.15) is 5.75 Å². The van der Waals surface area contributed by atoms with E-state index in [1.165, 1.54) is 22.5 Å². The highest BCUT2D eigenvalue weighted by Crippen LogP contribution is 2.30. The van der Waals surface area contributed by atoms with Crippen LogP contribution in [0.1, 0.15) is 17.0 Å². The first kappa shape index (κ1) is 16.6. The van der Waals surface area contributed by atoms with Crippen molar-refractivity contribution >= 4 is 16.5 Å². The molecule has 0 spiro atoms. The van der Waals surface area contributed by atoms with Gasteiger partial charge in [0, 0.05) is 35.9 Å². The van der Waals surface area contributed by atoms with Crippen LogP contribution in [0.15, 0.2) is 35.7 Å². The molecule has 0 fully saturated rings. The minimum absolute atomic E-state index is 0.901. The van der Waals surface area contributed by atoms with Gasteiger partial charge in [-0.1, -0.05) is 12.1 Å². The van der Waals surface area contributed by atoms with Gasteiger partial charge in [-0.2, -0.15) is 0 Å². The fourth-order valence-electron chi connectivity index (χ4n) is 2.95. The minimum Gasteiger partial charge on any atom is -0.497 e. The number of aromatic nitrogens is 2. The number of nitrogens with zero attached hydrogens (tertiary/aromatic N) is 2. The summed E-state index contributed by atoms with van der Waals surface area (Å²) in [4.78, 5) is 4.63. The summed E-state index contributed by atoms with van der Waals surface area (Å²) in [6.07, 6.45) is 0.999. The zero-order valence-corrected chi connectivity index (χ0v) is 15.4. The summed E-state index contributed by atoms with van der Waals surface area (Å²) in [6.45, 7) is 5.30. The topological polar surface area (TPSA) is 39.1 Å². The van der Waals surface area contributed by atoms with Gasteiger partial charge in [0.15, 0.2) is 5.13 Å². The molecule has 0 atom stereocenters. The molecule has 3 aromatic rings. The summed E-state index contributed by atoms with van der Waals surface area (Å²) < 4.78 is 7.59. The Hall–Kier alpha value is -2.27. The molecule has 1 aromatic carbocycles. The van der Waals surface area contributed by atoms with Gasteiger partial charge in [0.2, 0.25) is 0 Å². The van der Waals surface area contributed by atoms with Crippen LogP contribution >= 0.6 is 11.3 Å². The molecule has 2 aromatic heterocycles. The first-order valence-corrected chi connectivity index (χ1v) is 8.93. The lowest BCUT2D eigenvalue weighted by Gasteiger charge is -2.10. The van der Waals surface area contributed by atoms with Crippen molar-refractivity contribution in [1.29, 1.82) is 0 Å². The van der Waals surface area contributed by atoms with Crippen LogP contribution in [0.4, 0.5) is 5.13 Å². The molecule has 0 unspecified atom stereocenters. The van der Waals surface area contributed by atoms with Gasteiger partial charge in [-0.05, 0) is 44.0 Å². The molecule has 0 bridgehead atoms. The molecular formula is C19H23N3OS. The Labute approximate surface area is 147 Å². The van der Waals surface area contributed by atoms with Gasteiger partial charge in [0.25, 0.3) is 0 Å². The van der Waals surface area contributed by atoms with Crippen LogP contribution in [-0.2, 0) is 13.0 Å². The summed E-state index contributed by atoms with van der Waals surface area (Å²) in [7, 11) is 3.60. The van der Waals surface area contributed by atoms with E-state index in [1.807, 2.05) is 19.2 Å². The molecule has 0 aliphatic carbocycles. The molecule has 4 nitrogen and oxygen atoms in total. The number of hydrogen-bond donors (Lipinski definition) is 1. The molecule has 0 amide bonds. The number of nitrogens with one attached hydrogen (secondary N) is 1. The molecule has 1 N–H and O–H groups in total. The quantitative estimate of drug-likeness (QED) is 0.716. The van der Waals surface area contributed by atoms with E-state index >= 15 is 0 Å². The summed E-state index contributed by atoms with van der Waals surface area (Å²) in [5, 5.41) is 6.17. The summed E-state index contributed by atoms with van der Waals surface area (Å²) in [5.74, 6) is 0.901. The molecule has 0 radical (unpaired) electrons. The number of rotatable bonds is 6. The Morgan fingerprint density at radius 3 is 2.58 bits per heavy atom. The van der Waals surface area contributed by atoms with Gasteiger partial charge < -0.3 is 14.6 Å². The second kappa shape index (κ2) is 7.09. The lowest BCUT2D eigenvalue weighted by Crippen LogP contribution is -2.05. The fourth-order valence-corrected chi connectivity index (χ4v) is 3.62. The maximum atomic E-state index is 5.22. The Morgan fingerprint density at radius 2 is 1.96 bits per heavy atom. The van der Waals surface area contributed by atoms with Crippen molar-refractivity contribution in [2.45, 2.75) is 26.8 Å². The highest BCUT2D eigenvalue weighted by Gasteiger charge is 2.13. The standard InChI is InChI=1S/C19H23N3OS/c1-13-11-17(18-12-24-19(20-3)21-18)14(2)22(13)10-9-15-5-7-16(23-4)8-6-15/h5-8,11-12H,9-10H2,1-4H3,(H,20,21). The van der Waals surface area contributed by atoms with Crippen molar-refractivity contribution < 1.29 is 4.74 Å². The molecule has 3 rings (SSSR count). The highest BCUT2D eigenvalue weighted by molar-refractivity contribution is 7.14. The van der Waals surface area contributed by atoms with Crippen molar-refractivity contribution in [2.75, 3.05) is 19.5 Å². The predicted octanol–water partition coefficient (Wildman–Crippen LogP) is 4.52. The van der Waals surface area contributed by atoms with Gasteiger partial charge in [-0.25, -0.2) is 4.98 Å². The second-order valence-corrected chi connectivity index (χ2v) is 6.68. The summed E-state index contributed by atoms with van der Waals surface area (Å²) in [6, 6.07) is 10.5. The van der Waals surface area contributed by atoms with Crippen molar-refractivity contribution in [3.05, 3.63) is 52.7 Å². The van der Waals surface area contributed by atoms with E-state index in [0.717, 1.165) is 29.5 Å². The molecule has 0 aliphatic heterocycles. The molecule has 24 heavy (non-hydrogen) atoms. The predicted molar refractivity (Wildman–Crippen MR) is 101 cm³/mol. The van der Waals surface area contributed by atoms with Gasteiger partial charge in [-0.3, -0.25) is 0 Å². The third kappa shape index (κ3) is 3.31. The number of anilines is 1. The van der Waals surface area contributed by atoms with Gasteiger partial charge in [-0.15, -0.1) is 11.3 Å². The zero-order chi connectivity index (χ0) is 17.1. The Kier molecular flexibility index (Phi) is 4.90. The SMILES string of the molecule is CNc1nc(-c2cc(C)n(CCc3ccc(OC)cc3)c2C)cs1. The van der Waals surface area contributed by atoms with Crippen LogP contribution in [0.5, 0.6) is 5.75 Å². The number of benzene rings is 1. The van der Waals surface area contributed by atoms with Crippen LogP contribution in [-0.4, -0.2) is 23.7 Å². The Bertz CT molecular complexity index is 818. The lowest BCUT2D eigenvalue weighted by atomic mass is 10.1. The largest absolute Gasteiger partial charge is 0.497 e. The van der Waals surface area contributed by atoms with E-state index < -0.39 is 0 Å². The molecular weight excluding hydrogens is 318 g/mol. The van der Waals surface area contributed by atoms with Crippen molar-refractivity contribution in [1.82, 2.24) is 9.55 Å². The Balaban J connectivity index is 1.78. The number of methoxy groups -OCH3 is 1. The van der Waals surface area contributed by atoms with E-state index in [4.69, 9.17) is 4.74 Å². The Morgan fingerprint density at radius 1 is 1.21 bits per heavy atom. The normalized spacial score (nSPS) is 10.8. The second-order valence-electron chi connectivity index (χ2n) is 5.82. The van der Waals surface area contributed by atoms with Gasteiger partial charge >= 0.3 is 0 Å². The van der Waals surface area contributed by atoms with Crippen LogP contribution in [0.3, 0.4) is 0 Å². The minimum atomic E-state index is 0.901. The monoisotopic (exact) mass is 341 g/mol. The van der Waals surface area contributed by atoms with E-state index in [2.05, 4.69) is 52.3 Å². The van der Waals surface area contributed by atoms with Crippen molar-refractivity contribution in [2.24, 2.45) is 0 Å². The molecule has 126 valence electrons. The zero-order valence-electron chi connectivity index (χ0n) is 14.6. The maximum absolute atomic E-state index is 5.22. The first-order chi connectivity index (χ1) is 11.6. The molecule has 5 heteroatoms. The molecule has 0 saturated heterocycles. The molecule has 0 saturated carbocycles. The fraction of sp³-hybridized carbons (Fsp3) is 0.316. The number of hydrogen-bond acceptors (Lipinski definition) is 4. The highest BCUT2D eigenvalue weighted by atomic mass is 32.1. The number of ether oxygens (including phenoxy) is 1. The molecule has 2 heterocycles. The summed E-state index contributed by atoms with van der Waals surface area (Å²) in [5.41, 5.74) is 6.13. The smallest absolute Gasteiger partial charge is 0.182 e. The van der Waals surface area contributed by atoms with Crippen molar-refractivity contribution in [3.8, 4) is 17.0 Å². The van der Waals surface area contributed by atoms with Crippen LogP contribution in [0.2, 0.25) is 0 Å². The third-order valence-electron chi connectivity index (χ3n) is 4.35. The van der Waals surface area contributed by atoms with E-state index in [1.54, 1.807) is 18.4 Å². The third-order valence-corrected chi connectivity index (χ3v) is 5.21. The first-order valence-electron chi connectivity index (χ1n) is 8.05.